The highest BCUT2D eigenvalue weighted by Gasteiger charge is 2.16. The molecule has 0 aliphatic carbocycles. The van der Waals surface area contributed by atoms with Gasteiger partial charge < -0.3 is 10.2 Å². The number of aryl methyl sites for hydroxylation is 2. The Labute approximate surface area is 135 Å². The van der Waals surface area contributed by atoms with E-state index in [0.717, 1.165) is 36.1 Å². The number of carbonyl (C=O) groups is 1. The Morgan fingerprint density at radius 1 is 1.13 bits per heavy atom. The largest absolute Gasteiger partial charge is 0.345 e. The van der Waals surface area contributed by atoms with Crippen LogP contribution in [0.4, 0.5) is 5.95 Å². The molecule has 23 heavy (non-hydrogen) atoms. The highest BCUT2D eigenvalue weighted by atomic mass is 16.1. The Hall–Kier alpha value is -2.57. The Balaban J connectivity index is 1.67. The second kappa shape index (κ2) is 6.68. The van der Waals surface area contributed by atoms with Crippen molar-refractivity contribution in [2.24, 2.45) is 0 Å². The van der Waals surface area contributed by atoms with E-state index in [4.69, 9.17) is 0 Å². The molecule has 1 aliphatic rings. The van der Waals surface area contributed by atoms with Crippen LogP contribution in [0.15, 0.2) is 18.5 Å². The highest BCUT2D eigenvalue weighted by molar-refractivity contribution is 5.91. The summed E-state index contributed by atoms with van der Waals surface area (Å²) in [6, 6.07) is 1.89. The summed E-state index contributed by atoms with van der Waals surface area (Å²) in [4.78, 5) is 31.5. The minimum absolute atomic E-state index is 0.253. The van der Waals surface area contributed by atoms with Gasteiger partial charge in [-0.2, -0.15) is 0 Å². The molecule has 1 fully saturated rings. The minimum Gasteiger partial charge on any atom is -0.345 e. The molecule has 2 aromatic rings. The van der Waals surface area contributed by atoms with Gasteiger partial charge >= 0.3 is 0 Å². The van der Waals surface area contributed by atoms with E-state index in [9.17, 15) is 4.79 Å². The molecular weight excluding hydrogens is 292 g/mol. The summed E-state index contributed by atoms with van der Waals surface area (Å²) in [5.41, 5.74) is 2.79. The number of hydrogen-bond donors (Lipinski definition) is 1. The van der Waals surface area contributed by atoms with Crippen molar-refractivity contribution in [3.05, 3.63) is 41.2 Å². The quantitative estimate of drug-likeness (QED) is 0.919. The summed E-state index contributed by atoms with van der Waals surface area (Å²) in [6.07, 6.45) is 5.41. The van der Waals surface area contributed by atoms with Gasteiger partial charge in [0.2, 0.25) is 5.95 Å². The third-order valence-corrected chi connectivity index (χ3v) is 3.73. The van der Waals surface area contributed by atoms with Gasteiger partial charge in [0.05, 0.1) is 24.1 Å². The Morgan fingerprint density at radius 3 is 2.61 bits per heavy atom. The van der Waals surface area contributed by atoms with E-state index in [1.807, 2.05) is 19.9 Å². The predicted octanol–water partition coefficient (Wildman–Crippen LogP) is 1.41. The lowest BCUT2D eigenvalue weighted by Gasteiger charge is -2.16. The van der Waals surface area contributed by atoms with Gasteiger partial charge in [-0.1, -0.05) is 0 Å². The fourth-order valence-electron chi connectivity index (χ4n) is 2.54. The third kappa shape index (κ3) is 3.80. The molecule has 0 bridgehead atoms. The van der Waals surface area contributed by atoms with Crippen LogP contribution in [0.1, 0.15) is 40.4 Å². The number of anilines is 1. The zero-order chi connectivity index (χ0) is 16.2. The first kappa shape index (κ1) is 15.3. The number of hydrogen-bond acceptors (Lipinski definition) is 6. The van der Waals surface area contributed by atoms with Gasteiger partial charge in [-0.3, -0.25) is 9.78 Å². The van der Waals surface area contributed by atoms with Gasteiger partial charge in [0, 0.05) is 25.0 Å². The number of rotatable bonds is 4. The summed E-state index contributed by atoms with van der Waals surface area (Å²) in [5.74, 6) is 0.498. The first-order valence-electron chi connectivity index (χ1n) is 7.78. The molecule has 0 radical (unpaired) electrons. The molecular formula is C16H20N6O. The van der Waals surface area contributed by atoms with Crippen LogP contribution in [0.3, 0.4) is 0 Å². The fourth-order valence-corrected chi connectivity index (χ4v) is 2.54. The van der Waals surface area contributed by atoms with Crippen LogP contribution in [-0.2, 0) is 6.54 Å². The number of nitrogens with one attached hydrogen (secondary N) is 1. The number of nitrogens with zero attached hydrogens (tertiary/aromatic N) is 5. The van der Waals surface area contributed by atoms with Crippen molar-refractivity contribution >= 4 is 11.9 Å². The zero-order valence-corrected chi connectivity index (χ0v) is 13.4. The van der Waals surface area contributed by atoms with Gasteiger partial charge in [-0.15, -0.1) is 0 Å². The molecule has 7 heteroatoms. The second-order valence-corrected chi connectivity index (χ2v) is 5.72. The topological polar surface area (TPSA) is 83.9 Å². The lowest BCUT2D eigenvalue weighted by molar-refractivity contribution is 0.0945. The molecule has 3 heterocycles. The number of carbonyl (C=O) groups excluding carboxylic acids is 1. The number of amides is 1. The maximum Gasteiger partial charge on any atom is 0.271 e. The van der Waals surface area contributed by atoms with E-state index in [-0.39, 0.29) is 5.91 Å². The van der Waals surface area contributed by atoms with Crippen molar-refractivity contribution in [2.45, 2.75) is 33.2 Å². The molecule has 0 unspecified atom stereocenters. The zero-order valence-electron chi connectivity index (χ0n) is 13.4. The van der Waals surface area contributed by atoms with E-state index >= 15 is 0 Å². The maximum absolute atomic E-state index is 12.1. The predicted molar refractivity (Wildman–Crippen MR) is 86.2 cm³/mol. The van der Waals surface area contributed by atoms with Crippen LogP contribution in [-0.4, -0.2) is 38.9 Å². The Bertz CT molecular complexity index is 694. The highest BCUT2D eigenvalue weighted by Crippen LogP contribution is 2.16. The molecule has 1 N–H and O–H groups in total. The molecule has 0 saturated carbocycles. The molecule has 2 aromatic heterocycles. The van der Waals surface area contributed by atoms with Crippen LogP contribution >= 0.6 is 0 Å². The molecule has 120 valence electrons. The molecule has 3 rings (SSSR count). The molecule has 7 nitrogen and oxygen atoms in total. The Morgan fingerprint density at radius 2 is 1.91 bits per heavy atom. The van der Waals surface area contributed by atoms with Crippen LogP contribution in [0.5, 0.6) is 0 Å². The van der Waals surface area contributed by atoms with Gasteiger partial charge in [0.1, 0.15) is 5.69 Å². The van der Waals surface area contributed by atoms with Crippen LogP contribution in [0.25, 0.3) is 0 Å². The second-order valence-electron chi connectivity index (χ2n) is 5.72. The van der Waals surface area contributed by atoms with Crippen molar-refractivity contribution < 1.29 is 4.79 Å². The average molecular weight is 312 g/mol. The van der Waals surface area contributed by atoms with Gasteiger partial charge in [0.15, 0.2) is 0 Å². The van der Waals surface area contributed by atoms with Gasteiger partial charge in [-0.05, 0) is 32.8 Å². The summed E-state index contributed by atoms with van der Waals surface area (Å²) < 4.78 is 0. The minimum atomic E-state index is -0.253. The lowest BCUT2D eigenvalue weighted by atomic mass is 10.3. The van der Waals surface area contributed by atoms with Crippen molar-refractivity contribution in [1.82, 2.24) is 25.3 Å². The summed E-state index contributed by atoms with van der Waals surface area (Å²) in [5, 5.41) is 2.83. The average Bonchev–Trinajstić information content (AvgIpc) is 3.07. The first-order chi connectivity index (χ1) is 11.1. The molecule has 1 saturated heterocycles. The SMILES string of the molecule is Cc1cnc(C(=O)NCc2cc(C)nc(N3CCCC3)n2)cn1. The van der Waals surface area contributed by atoms with Crippen molar-refractivity contribution in [2.75, 3.05) is 18.0 Å². The lowest BCUT2D eigenvalue weighted by Crippen LogP contribution is -2.26. The van der Waals surface area contributed by atoms with Crippen LogP contribution < -0.4 is 10.2 Å². The van der Waals surface area contributed by atoms with Crippen molar-refractivity contribution in [3.8, 4) is 0 Å². The van der Waals surface area contributed by atoms with Crippen LogP contribution in [0, 0.1) is 13.8 Å². The molecule has 0 aromatic carbocycles. The summed E-state index contributed by atoms with van der Waals surface area (Å²) in [7, 11) is 0. The monoisotopic (exact) mass is 312 g/mol. The van der Waals surface area contributed by atoms with Crippen molar-refractivity contribution in [1.29, 1.82) is 0 Å². The van der Waals surface area contributed by atoms with Crippen LogP contribution in [0.2, 0.25) is 0 Å². The Kier molecular flexibility index (Phi) is 4.45. The molecule has 0 spiro atoms. The standard InChI is InChI=1S/C16H20N6O/c1-11-7-13(21-16(20-11)22-5-3-4-6-22)9-19-15(23)14-10-17-12(2)8-18-14/h7-8,10H,3-6,9H2,1-2H3,(H,19,23). The van der Waals surface area contributed by atoms with E-state index in [1.165, 1.54) is 19.0 Å². The summed E-state index contributed by atoms with van der Waals surface area (Å²) >= 11 is 0. The van der Waals surface area contributed by atoms with E-state index in [2.05, 4.69) is 30.2 Å². The van der Waals surface area contributed by atoms with E-state index in [0.29, 0.717) is 12.2 Å². The van der Waals surface area contributed by atoms with E-state index < -0.39 is 0 Å². The first-order valence-corrected chi connectivity index (χ1v) is 7.78. The van der Waals surface area contributed by atoms with Gasteiger partial charge in [-0.25, -0.2) is 15.0 Å². The van der Waals surface area contributed by atoms with Crippen molar-refractivity contribution in [3.63, 3.8) is 0 Å². The fraction of sp³-hybridized carbons (Fsp3) is 0.438. The van der Waals surface area contributed by atoms with E-state index in [1.54, 1.807) is 6.20 Å². The third-order valence-electron chi connectivity index (χ3n) is 3.73. The number of aromatic nitrogens is 4. The summed E-state index contributed by atoms with van der Waals surface area (Å²) in [6.45, 7) is 6.11. The van der Waals surface area contributed by atoms with Gasteiger partial charge in [0.25, 0.3) is 5.91 Å². The molecule has 1 aliphatic heterocycles. The normalized spacial score (nSPS) is 14.1. The maximum atomic E-state index is 12.1. The smallest absolute Gasteiger partial charge is 0.271 e. The molecule has 1 amide bonds. The molecule has 0 atom stereocenters.